The van der Waals surface area contributed by atoms with E-state index in [1.165, 1.54) is 28.4 Å². The molecule has 1 heterocycles. The molecule has 0 fully saturated rings. The van der Waals surface area contributed by atoms with E-state index >= 15 is 0 Å². The predicted molar refractivity (Wildman–Crippen MR) is 65.9 cm³/mol. The normalized spacial score (nSPS) is 9.88. The Morgan fingerprint density at radius 1 is 1.29 bits per heavy atom. The summed E-state index contributed by atoms with van der Waals surface area (Å²) < 4.78 is 0. The molecule has 0 atom stereocenters. The van der Waals surface area contributed by atoms with Crippen LogP contribution in [-0.2, 0) is 4.79 Å². The molecule has 5 heteroatoms. The molecular formula is C12H9NO3S. The first-order valence-corrected chi connectivity index (χ1v) is 5.72. The lowest BCUT2D eigenvalue weighted by atomic mass is 10.2. The number of carbonyl (C=O) groups is 2. The Bertz CT molecular complexity index is 536. The van der Waals surface area contributed by atoms with Crippen molar-refractivity contribution in [3.05, 3.63) is 47.3 Å². The van der Waals surface area contributed by atoms with E-state index in [4.69, 9.17) is 5.11 Å². The molecular weight excluding hydrogens is 238 g/mol. The second-order valence-electron chi connectivity index (χ2n) is 3.28. The Labute approximate surface area is 102 Å². The summed E-state index contributed by atoms with van der Waals surface area (Å²) in [5.74, 6) is -1.01. The van der Waals surface area contributed by atoms with Crippen molar-refractivity contribution in [2.24, 2.45) is 0 Å². The number of amides is 1. The zero-order chi connectivity index (χ0) is 12.3. The second kappa shape index (κ2) is 4.80. The van der Waals surface area contributed by atoms with Crippen molar-refractivity contribution in [1.29, 1.82) is 0 Å². The lowest BCUT2D eigenvalue weighted by Crippen LogP contribution is -2.13. The van der Waals surface area contributed by atoms with Gasteiger partial charge in [-0.1, -0.05) is 6.07 Å². The van der Waals surface area contributed by atoms with Crippen LogP contribution < -0.4 is 4.90 Å². The third-order valence-corrected chi connectivity index (χ3v) is 3.09. The number of benzene rings is 1. The molecule has 0 aliphatic heterocycles. The number of hydrogen-bond acceptors (Lipinski definition) is 3. The number of carboxylic acid groups (broad SMARTS) is 1. The van der Waals surface area contributed by atoms with Gasteiger partial charge >= 0.3 is 5.97 Å². The summed E-state index contributed by atoms with van der Waals surface area (Å²) in [6.07, 6.45) is 0.673. The molecule has 0 saturated heterocycles. The minimum Gasteiger partial charge on any atom is -0.478 e. The van der Waals surface area contributed by atoms with Gasteiger partial charge in [-0.3, -0.25) is 9.69 Å². The number of carboxylic acids is 1. The van der Waals surface area contributed by atoms with Crippen molar-refractivity contribution < 1.29 is 14.7 Å². The fourth-order valence-corrected chi connectivity index (χ4v) is 2.15. The van der Waals surface area contributed by atoms with Gasteiger partial charge in [-0.15, -0.1) is 11.3 Å². The van der Waals surface area contributed by atoms with E-state index in [-0.39, 0.29) is 5.56 Å². The number of carbonyl (C=O) groups excluding carboxylic acids is 1. The summed E-state index contributed by atoms with van der Waals surface area (Å²) in [5.41, 5.74) is 0.702. The fourth-order valence-electron chi connectivity index (χ4n) is 1.44. The average Bonchev–Trinajstić information content (AvgIpc) is 2.84. The van der Waals surface area contributed by atoms with Crippen molar-refractivity contribution >= 4 is 34.4 Å². The van der Waals surface area contributed by atoms with Crippen molar-refractivity contribution in [3.63, 3.8) is 0 Å². The Hall–Kier alpha value is -2.14. The predicted octanol–water partition coefficient (Wildman–Crippen LogP) is 2.74. The second-order valence-corrected chi connectivity index (χ2v) is 4.21. The molecule has 0 aliphatic carbocycles. The van der Waals surface area contributed by atoms with E-state index in [0.29, 0.717) is 12.1 Å². The van der Waals surface area contributed by atoms with Gasteiger partial charge in [-0.05, 0) is 35.7 Å². The Balaban J connectivity index is 2.41. The summed E-state index contributed by atoms with van der Waals surface area (Å²) in [4.78, 5) is 23.3. The Morgan fingerprint density at radius 2 is 2.12 bits per heavy atom. The topological polar surface area (TPSA) is 57.6 Å². The van der Waals surface area contributed by atoms with Gasteiger partial charge in [-0.2, -0.15) is 0 Å². The van der Waals surface area contributed by atoms with Crippen LogP contribution in [0.5, 0.6) is 0 Å². The molecule has 0 saturated carbocycles. The highest BCUT2D eigenvalue weighted by Gasteiger charge is 2.11. The van der Waals surface area contributed by atoms with E-state index in [2.05, 4.69) is 0 Å². The average molecular weight is 247 g/mol. The molecule has 1 N–H and O–H groups in total. The number of hydrogen-bond donors (Lipinski definition) is 1. The fraction of sp³-hybridized carbons (Fsp3) is 0. The molecule has 1 aromatic carbocycles. The highest BCUT2D eigenvalue weighted by atomic mass is 32.1. The van der Waals surface area contributed by atoms with Crippen molar-refractivity contribution in [3.8, 4) is 0 Å². The van der Waals surface area contributed by atoms with Crippen molar-refractivity contribution in [2.75, 3.05) is 4.90 Å². The molecule has 0 spiro atoms. The van der Waals surface area contributed by atoms with Crippen LogP contribution in [0.2, 0.25) is 0 Å². The van der Waals surface area contributed by atoms with Crippen LogP contribution in [0.3, 0.4) is 0 Å². The largest absolute Gasteiger partial charge is 0.478 e. The van der Waals surface area contributed by atoms with Gasteiger partial charge in [0.2, 0.25) is 6.41 Å². The lowest BCUT2D eigenvalue weighted by Gasteiger charge is -2.15. The van der Waals surface area contributed by atoms with Gasteiger partial charge in [0, 0.05) is 0 Å². The van der Waals surface area contributed by atoms with E-state index in [1.807, 2.05) is 11.4 Å². The molecule has 0 radical (unpaired) electrons. The minimum atomic E-state index is -1.01. The van der Waals surface area contributed by atoms with Crippen LogP contribution in [-0.4, -0.2) is 17.5 Å². The van der Waals surface area contributed by atoms with Gasteiger partial charge in [0.1, 0.15) is 5.00 Å². The highest BCUT2D eigenvalue weighted by Crippen LogP contribution is 2.28. The molecule has 4 nitrogen and oxygen atoms in total. The highest BCUT2D eigenvalue weighted by molar-refractivity contribution is 7.14. The Kier molecular flexibility index (Phi) is 3.20. The van der Waals surface area contributed by atoms with Crippen LogP contribution in [0, 0.1) is 0 Å². The SMILES string of the molecule is O=CN(c1cccc(C(=O)O)c1)c1cccs1. The third-order valence-electron chi connectivity index (χ3n) is 2.22. The van der Waals surface area contributed by atoms with Crippen LogP contribution in [0.25, 0.3) is 0 Å². The summed E-state index contributed by atoms with van der Waals surface area (Å²) in [6.45, 7) is 0. The molecule has 1 amide bonds. The first kappa shape index (κ1) is 11.3. The first-order valence-electron chi connectivity index (χ1n) is 4.84. The van der Waals surface area contributed by atoms with E-state index in [0.717, 1.165) is 5.00 Å². The summed E-state index contributed by atoms with van der Waals surface area (Å²) in [5, 5.41) is 11.5. The Morgan fingerprint density at radius 3 is 2.71 bits per heavy atom. The third kappa shape index (κ3) is 2.34. The zero-order valence-electron chi connectivity index (χ0n) is 8.74. The smallest absolute Gasteiger partial charge is 0.335 e. The summed E-state index contributed by atoms with van der Waals surface area (Å²) in [7, 11) is 0. The van der Waals surface area contributed by atoms with E-state index in [9.17, 15) is 9.59 Å². The summed E-state index contributed by atoms with van der Waals surface area (Å²) in [6, 6.07) is 9.90. The van der Waals surface area contributed by atoms with Crippen LogP contribution >= 0.6 is 11.3 Å². The van der Waals surface area contributed by atoms with E-state index in [1.54, 1.807) is 18.2 Å². The monoisotopic (exact) mass is 247 g/mol. The molecule has 0 aliphatic rings. The van der Waals surface area contributed by atoms with Gasteiger partial charge in [0.25, 0.3) is 0 Å². The number of thiophene rings is 1. The zero-order valence-corrected chi connectivity index (χ0v) is 9.55. The molecule has 86 valence electrons. The maximum absolute atomic E-state index is 11.1. The molecule has 2 rings (SSSR count). The van der Waals surface area contributed by atoms with Gasteiger partial charge in [0.15, 0.2) is 0 Å². The molecule has 1 aromatic heterocycles. The van der Waals surface area contributed by atoms with Gasteiger partial charge in [0.05, 0.1) is 11.3 Å². The standard InChI is InChI=1S/C12H9NO3S/c14-8-13(11-5-2-6-17-11)10-4-1-3-9(7-10)12(15)16/h1-8H,(H,15,16). The number of aromatic carboxylic acids is 1. The maximum Gasteiger partial charge on any atom is 0.335 e. The number of anilines is 2. The van der Waals surface area contributed by atoms with E-state index < -0.39 is 5.97 Å². The molecule has 17 heavy (non-hydrogen) atoms. The maximum atomic E-state index is 11.1. The lowest BCUT2D eigenvalue weighted by molar-refractivity contribution is -0.106. The number of nitrogens with zero attached hydrogens (tertiary/aromatic N) is 1. The first-order chi connectivity index (χ1) is 8.22. The minimum absolute atomic E-state index is 0.158. The van der Waals surface area contributed by atoms with Gasteiger partial charge < -0.3 is 5.11 Å². The van der Waals surface area contributed by atoms with Crippen LogP contribution in [0.1, 0.15) is 10.4 Å². The van der Waals surface area contributed by atoms with Crippen LogP contribution in [0.15, 0.2) is 41.8 Å². The van der Waals surface area contributed by atoms with Crippen molar-refractivity contribution in [1.82, 2.24) is 0 Å². The van der Waals surface area contributed by atoms with Gasteiger partial charge in [-0.25, -0.2) is 4.79 Å². The van der Waals surface area contributed by atoms with Crippen molar-refractivity contribution in [2.45, 2.75) is 0 Å². The molecule has 2 aromatic rings. The molecule has 0 unspecified atom stereocenters. The summed E-state index contributed by atoms with van der Waals surface area (Å²) >= 11 is 1.41. The van der Waals surface area contributed by atoms with Crippen LogP contribution in [0.4, 0.5) is 10.7 Å². The quantitative estimate of drug-likeness (QED) is 0.845. The molecule has 0 bridgehead atoms. The number of rotatable bonds is 4.